The Labute approximate surface area is 96.5 Å². The number of hydrogen-bond acceptors (Lipinski definition) is 3. The number of halogens is 1. The quantitative estimate of drug-likeness (QED) is 0.730. The topological polar surface area (TPSA) is 50.4 Å². The minimum atomic E-state index is -0.236. The van der Waals surface area contributed by atoms with Crippen LogP contribution in [0, 0.1) is 0 Å². The third-order valence-electron chi connectivity index (χ3n) is 2.81. The third kappa shape index (κ3) is 2.83. The average Bonchev–Trinajstić information content (AvgIpc) is 2.58. The van der Waals surface area contributed by atoms with Crippen LogP contribution in [0.3, 0.4) is 0 Å². The first-order valence-electron chi connectivity index (χ1n) is 5.36. The van der Waals surface area contributed by atoms with Gasteiger partial charge in [-0.2, -0.15) is 0 Å². The summed E-state index contributed by atoms with van der Waals surface area (Å²) in [5.74, 6) is 0.0381. The normalized spacial score (nSPS) is 33.7. The summed E-state index contributed by atoms with van der Waals surface area (Å²) in [4.78, 5) is 11.6. The summed E-state index contributed by atoms with van der Waals surface area (Å²) < 4.78 is 5.67. The Morgan fingerprint density at radius 3 is 2.87 bits per heavy atom. The van der Waals surface area contributed by atoms with Gasteiger partial charge in [-0.3, -0.25) is 4.79 Å². The predicted octanol–water partition coefficient (Wildman–Crippen LogP) is 0.452. The fourth-order valence-electron chi connectivity index (χ4n) is 2.19. The van der Waals surface area contributed by atoms with Crippen LogP contribution in [-0.2, 0) is 9.53 Å². The number of carbonyl (C=O) groups excluding carboxylic acids is 1. The number of fused-ring (bicyclic) bond motifs is 1. The fourth-order valence-corrected chi connectivity index (χ4v) is 2.19. The van der Waals surface area contributed by atoms with Crippen LogP contribution >= 0.6 is 12.4 Å². The molecule has 3 atom stereocenters. The highest BCUT2D eigenvalue weighted by atomic mass is 35.5. The summed E-state index contributed by atoms with van der Waals surface area (Å²) in [7, 11) is 0. The van der Waals surface area contributed by atoms with Crippen molar-refractivity contribution in [2.24, 2.45) is 0 Å². The molecule has 2 heterocycles. The van der Waals surface area contributed by atoms with Crippen molar-refractivity contribution in [1.29, 1.82) is 0 Å². The van der Waals surface area contributed by atoms with E-state index in [2.05, 4.69) is 10.6 Å². The lowest BCUT2D eigenvalue weighted by Gasteiger charge is -2.14. The molecule has 0 radical (unpaired) electrons. The first kappa shape index (κ1) is 12.7. The molecule has 5 heteroatoms. The minimum Gasteiger partial charge on any atom is -0.363 e. The van der Waals surface area contributed by atoms with Crippen molar-refractivity contribution in [1.82, 2.24) is 10.6 Å². The second kappa shape index (κ2) is 5.14. The monoisotopic (exact) mass is 234 g/mol. The maximum atomic E-state index is 11.6. The van der Waals surface area contributed by atoms with Gasteiger partial charge in [0.25, 0.3) is 0 Å². The zero-order valence-electron chi connectivity index (χ0n) is 9.16. The summed E-state index contributed by atoms with van der Waals surface area (Å²) in [6.07, 6.45) is 1.89. The molecule has 2 aliphatic heterocycles. The van der Waals surface area contributed by atoms with E-state index in [0.29, 0.717) is 6.04 Å². The minimum absolute atomic E-state index is 0. The molecular weight excluding hydrogens is 216 g/mol. The first-order chi connectivity index (χ1) is 6.66. The molecule has 0 unspecified atom stereocenters. The van der Waals surface area contributed by atoms with Crippen LogP contribution in [0.15, 0.2) is 0 Å². The van der Waals surface area contributed by atoms with Crippen molar-refractivity contribution in [2.45, 2.75) is 51.0 Å². The van der Waals surface area contributed by atoms with Crippen molar-refractivity contribution < 1.29 is 9.53 Å². The van der Waals surface area contributed by atoms with Gasteiger partial charge in [-0.25, -0.2) is 0 Å². The zero-order valence-corrected chi connectivity index (χ0v) is 9.97. The molecule has 15 heavy (non-hydrogen) atoms. The summed E-state index contributed by atoms with van der Waals surface area (Å²) in [6, 6.07) is 0.595. The standard InChI is InChI=1S/C10H18N2O2.ClH/c1-6(2)12-10(13)9-5-7-8(14-9)3-4-11-7;/h6-9,11H,3-5H2,1-2H3,(H,12,13);1H/t7-,8-,9+;/m1./s1. The van der Waals surface area contributed by atoms with E-state index < -0.39 is 0 Å². The first-order valence-corrected chi connectivity index (χ1v) is 5.36. The Bertz CT molecular complexity index is 223. The Kier molecular flexibility index (Phi) is 4.37. The van der Waals surface area contributed by atoms with Gasteiger partial charge >= 0.3 is 0 Å². The Morgan fingerprint density at radius 1 is 1.53 bits per heavy atom. The SMILES string of the molecule is CC(C)NC(=O)[C@@H]1C[C@H]2NCC[C@H]2O1.Cl. The largest absolute Gasteiger partial charge is 0.363 e. The molecule has 0 aromatic heterocycles. The molecule has 0 bridgehead atoms. The second-order valence-corrected chi connectivity index (χ2v) is 4.41. The maximum absolute atomic E-state index is 11.6. The van der Waals surface area contributed by atoms with Gasteiger partial charge in [-0.05, 0) is 26.8 Å². The number of carbonyl (C=O) groups is 1. The van der Waals surface area contributed by atoms with Gasteiger partial charge in [0, 0.05) is 18.5 Å². The van der Waals surface area contributed by atoms with E-state index >= 15 is 0 Å². The average molecular weight is 235 g/mol. The molecule has 88 valence electrons. The van der Waals surface area contributed by atoms with Gasteiger partial charge in [0.2, 0.25) is 5.91 Å². The lowest BCUT2D eigenvalue weighted by molar-refractivity contribution is -0.132. The molecule has 2 fully saturated rings. The molecule has 1 amide bonds. The molecule has 2 aliphatic rings. The fraction of sp³-hybridized carbons (Fsp3) is 0.900. The van der Waals surface area contributed by atoms with Gasteiger partial charge in [0.05, 0.1) is 6.10 Å². The van der Waals surface area contributed by atoms with E-state index in [9.17, 15) is 4.79 Å². The van der Waals surface area contributed by atoms with E-state index in [4.69, 9.17) is 4.74 Å². The van der Waals surface area contributed by atoms with E-state index in [-0.39, 0.29) is 36.6 Å². The highest BCUT2D eigenvalue weighted by Crippen LogP contribution is 2.26. The second-order valence-electron chi connectivity index (χ2n) is 4.41. The van der Waals surface area contributed by atoms with Gasteiger partial charge in [-0.1, -0.05) is 0 Å². The molecule has 0 aromatic carbocycles. The molecule has 0 aromatic rings. The van der Waals surface area contributed by atoms with Crippen LogP contribution in [0.2, 0.25) is 0 Å². The highest BCUT2D eigenvalue weighted by molar-refractivity contribution is 5.85. The molecule has 0 saturated carbocycles. The third-order valence-corrected chi connectivity index (χ3v) is 2.81. The van der Waals surface area contributed by atoms with Crippen LogP contribution < -0.4 is 10.6 Å². The van der Waals surface area contributed by atoms with Crippen molar-refractivity contribution in [3.05, 3.63) is 0 Å². The highest BCUT2D eigenvalue weighted by Gasteiger charge is 2.41. The molecule has 2 saturated heterocycles. The summed E-state index contributed by atoms with van der Waals surface area (Å²) in [6.45, 7) is 4.95. The van der Waals surface area contributed by atoms with Crippen molar-refractivity contribution in [3.63, 3.8) is 0 Å². The van der Waals surface area contributed by atoms with Gasteiger partial charge < -0.3 is 15.4 Å². The number of nitrogens with one attached hydrogen (secondary N) is 2. The van der Waals surface area contributed by atoms with E-state index in [1.807, 2.05) is 13.8 Å². The van der Waals surface area contributed by atoms with Gasteiger partial charge in [0.1, 0.15) is 6.10 Å². The van der Waals surface area contributed by atoms with Crippen molar-refractivity contribution in [2.75, 3.05) is 6.54 Å². The molecule has 2 rings (SSSR count). The van der Waals surface area contributed by atoms with Crippen LogP contribution in [0.25, 0.3) is 0 Å². The Balaban J connectivity index is 0.00000112. The van der Waals surface area contributed by atoms with Crippen LogP contribution in [0.5, 0.6) is 0 Å². The number of ether oxygens (including phenoxy) is 1. The number of hydrogen-bond donors (Lipinski definition) is 2. The summed E-state index contributed by atoms with van der Waals surface area (Å²) >= 11 is 0. The van der Waals surface area contributed by atoms with E-state index in [0.717, 1.165) is 19.4 Å². The van der Waals surface area contributed by atoms with Crippen LogP contribution in [0.1, 0.15) is 26.7 Å². The van der Waals surface area contributed by atoms with E-state index in [1.54, 1.807) is 0 Å². The summed E-state index contributed by atoms with van der Waals surface area (Å²) in [5.41, 5.74) is 0. The van der Waals surface area contributed by atoms with E-state index in [1.165, 1.54) is 0 Å². The Hall–Kier alpha value is -0.320. The number of rotatable bonds is 2. The number of amides is 1. The molecule has 2 N–H and O–H groups in total. The maximum Gasteiger partial charge on any atom is 0.249 e. The molecule has 0 aliphatic carbocycles. The summed E-state index contributed by atoms with van der Waals surface area (Å²) in [5, 5.41) is 6.23. The Morgan fingerprint density at radius 2 is 2.27 bits per heavy atom. The molecular formula is C10H19ClN2O2. The zero-order chi connectivity index (χ0) is 10.1. The van der Waals surface area contributed by atoms with Gasteiger partial charge in [-0.15, -0.1) is 12.4 Å². The smallest absolute Gasteiger partial charge is 0.249 e. The predicted molar refractivity (Wildman–Crippen MR) is 60.2 cm³/mol. The lowest BCUT2D eigenvalue weighted by atomic mass is 10.1. The molecule has 0 spiro atoms. The van der Waals surface area contributed by atoms with Crippen molar-refractivity contribution >= 4 is 18.3 Å². The van der Waals surface area contributed by atoms with Crippen LogP contribution in [0.4, 0.5) is 0 Å². The van der Waals surface area contributed by atoms with Gasteiger partial charge in [0.15, 0.2) is 0 Å². The van der Waals surface area contributed by atoms with Crippen LogP contribution in [-0.4, -0.2) is 36.7 Å². The lowest BCUT2D eigenvalue weighted by Crippen LogP contribution is -2.39. The van der Waals surface area contributed by atoms with Crippen molar-refractivity contribution in [3.8, 4) is 0 Å². The molecule has 4 nitrogen and oxygen atoms in total.